The molecule has 0 aliphatic rings. The summed E-state index contributed by atoms with van der Waals surface area (Å²) in [4.78, 5) is 16.8. The smallest absolute Gasteiger partial charge is 0.340 e. The highest BCUT2D eigenvalue weighted by Crippen LogP contribution is 2.20. The van der Waals surface area contributed by atoms with Gasteiger partial charge in [0.05, 0.1) is 18.4 Å². The Morgan fingerprint density at radius 3 is 2.81 bits per heavy atom. The number of oxazole rings is 1. The van der Waals surface area contributed by atoms with E-state index in [1.807, 2.05) is 60.9 Å². The molecule has 0 unspecified atom stereocenters. The van der Waals surface area contributed by atoms with E-state index < -0.39 is 5.97 Å². The predicted molar refractivity (Wildman–Crippen MR) is 94.8 cm³/mol. The number of fused-ring (bicyclic) bond motifs is 1. The normalized spacial score (nSPS) is 11.2. The minimum absolute atomic E-state index is 0.00460. The lowest BCUT2D eigenvalue weighted by Crippen LogP contribution is -2.08. The van der Waals surface area contributed by atoms with Crippen molar-refractivity contribution < 1.29 is 18.4 Å². The standard InChI is InChI=1S/C20H18N2O4/c1-13-10-16(14(2)22(13)11-15-6-5-9-24-15)20(23)25-12-19-21-17-7-3-4-8-18(17)26-19/h3-10H,11-12H2,1-2H3. The van der Waals surface area contributed by atoms with Crippen LogP contribution in [0.25, 0.3) is 11.1 Å². The van der Waals surface area contributed by atoms with Gasteiger partial charge in [0.15, 0.2) is 12.2 Å². The third kappa shape index (κ3) is 3.01. The molecular weight excluding hydrogens is 332 g/mol. The molecule has 132 valence electrons. The third-order valence-electron chi connectivity index (χ3n) is 4.35. The summed E-state index contributed by atoms with van der Waals surface area (Å²) in [7, 11) is 0. The van der Waals surface area contributed by atoms with Gasteiger partial charge in [-0.05, 0) is 44.2 Å². The monoisotopic (exact) mass is 350 g/mol. The van der Waals surface area contributed by atoms with Crippen LogP contribution in [0, 0.1) is 13.8 Å². The number of hydrogen-bond acceptors (Lipinski definition) is 5. The summed E-state index contributed by atoms with van der Waals surface area (Å²) in [6.45, 7) is 4.41. The van der Waals surface area contributed by atoms with E-state index in [1.165, 1.54) is 0 Å². The number of nitrogens with zero attached hydrogens (tertiary/aromatic N) is 2. The predicted octanol–water partition coefficient (Wildman–Crippen LogP) is 4.24. The van der Waals surface area contributed by atoms with E-state index >= 15 is 0 Å². The molecule has 0 amide bonds. The molecule has 0 radical (unpaired) electrons. The fraction of sp³-hybridized carbons (Fsp3) is 0.200. The number of aromatic nitrogens is 2. The molecule has 0 aliphatic carbocycles. The summed E-state index contributed by atoms with van der Waals surface area (Å²) in [5.74, 6) is 0.813. The van der Waals surface area contributed by atoms with Gasteiger partial charge in [0, 0.05) is 11.4 Å². The van der Waals surface area contributed by atoms with Crippen LogP contribution in [0.3, 0.4) is 0 Å². The van der Waals surface area contributed by atoms with Gasteiger partial charge in [-0.15, -0.1) is 0 Å². The maximum Gasteiger partial charge on any atom is 0.340 e. The molecule has 1 aromatic carbocycles. The van der Waals surface area contributed by atoms with Crippen LogP contribution in [0.15, 0.2) is 57.6 Å². The lowest BCUT2D eigenvalue weighted by Gasteiger charge is -2.07. The van der Waals surface area contributed by atoms with Crippen molar-refractivity contribution in [2.75, 3.05) is 0 Å². The number of carbonyl (C=O) groups excluding carboxylic acids is 1. The molecule has 0 atom stereocenters. The van der Waals surface area contributed by atoms with E-state index in [2.05, 4.69) is 4.98 Å². The van der Waals surface area contributed by atoms with Crippen LogP contribution in [0.2, 0.25) is 0 Å². The molecule has 3 heterocycles. The Balaban J connectivity index is 1.49. The van der Waals surface area contributed by atoms with Gasteiger partial charge in [0.1, 0.15) is 11.3 Å². The first kappa shape index (κ1) is 16.2. The minimum atomic E-state index is -0.397. The van der Waals surface area contributed by atoms with Crippen molar-refractivity contribution in [2.45, 2.75) is 27.0 Å². The number of aryl methyl sites for hydroxylation is 1. The molecule has 4 rings (SSSR count). The Bertz CT molecular complexity index is 1020. The fourth-order valence-corrected chi connectivity index (χ4v) is 3.00. The average molecular weight is 350 g/mol. The molecule has 4 aromatic rings. The topological polar surface area (TPSA) is 70.4 Å². The van der Waals surface area contributed by atoms with Crippen LogP contribution in [0.5, 0.6) is 0 Å². The summed E-state index contributed by atoms with van der Waals surface area (Å²) in [5.41, 5.74) is 3.75. The first-order valence-corrected chi connectivity index (χ1v) is 8.32. The highest BCUT2D eigenvalue weighted by Gasteiger charge is 2.18. The molecule has 0 N–H and O–H groups in total. The summed E-state index contributed by atoms with van der Waals surface area (Å²) in [6.07, 6.45) is 1.64. The Morgan fingerprint density at radius 2 is 2.04 bits per heavy atom. The first-order chi connectivity index (χ1) is 12.6. The van der Waals surface area contributed by atoms with Gasteiger partial charge in [-0.2, -0.15) is 0 Å². The van der Waals surface area contributed by atoms with Crippen molar-refractivity contribution in [1.82, 2.24) is 9.55 Å². The minimum Gasteiger partial charge on any atom is -0.467 e. The number of para-hydroxylation sites is 2. The van der Waals surface area contributed by atoms with Crippen molar-refractivity contribution in [3.63, 3.8) is 0 Å². The first-order valence-electron chi connectivity index (χ1n) is 8.32. The van der Waals surface area contributed by atoms with Gasteiger partial charge in [0.2, 0.25) is 5.89 Å². The Morgan fingerprint density at radius 1 is 1.19 bits per heavy atom. The zero-order chi connectivity index (χ0) is 18.1. The second kappa shape index (κ2) is 6.55. The SMILES string of the molecule is Cc1cc(C(=O)OCc2nc3ccccc3o2)c(C)n1Cc1ccco1. The highest BCUT2D eigenvalue weighted by molar-refractivity contribution is 5.91. The fourth-order valence-electron chi connectivity index (χ4n) is 3.00. The van der Waals surface area contributed by atoms with E-state index in [1.54, 1.807) is 6.26 Å². The van der Waals surface area contributed by atoms with Crippen molar-refractivity contribution in [1.29, 1.82) is 0 Å². The maximum atomic E-state index is 12.5. The molecule has 6 nitrogen and oxygen atoms in total. The lowest BCUT2D eigenvalue weighted by atomic mass is 10.2. The molecule has 26 heavy (non-hydrogen) atoms. The van der Waals surface area contributed by atoms with Crippen LogP contribution in [0.4, 0.5) is 0 Å². The van der Waals surface area contributed by atoms with Crippen LogP contribution in [0.1, 0.15) is 33.4 Å². The van der Waals surface area contributed by atoms with Crippen molar-refractivity contribution in [3.8, 4) is 0 Å². The largest absolute Gasteiger partial charge is 0.467 e. The van der Waals surface area contributed by atoms with Crippen molar-refractivity contribution in [3.05, 3.63) is 77.3 Å². The van der Waals surface area contributed by atoms with Gasteiger partial charge in [-0.1, -0.05) is 12.1 Å². The Kier molecular flexibility index (Phi) is 4.08. The van der Waals surface area contributed by atoms with E-state index in [-0.39, 0.29) is 6.61 Å². The average Bonchev–Trinajstić information content (AvgIpc) is 3.35. The number of furan rings is 1. The summed E-state index contributed by atoms with van der Waals surface area (Å²) >= 11 is 0. The van der Waals surface area contributed by atoms with Crippen LogP contribution in [-0.2, 0) is 17.9 Å². The highest BCUT2D eigenvalue weighted by atomic mass is 16.5. The van der Waals surface area contributed by atoms with E-state index in [0.29, 0.717) is 23.6 Å². The van der Waals surface area contributed by atoms with Crippen molar-refractivity contribution >= 4 is 17.1 Å². The van der Waals surface area contributed by atoms with E-state index in [9.17, 15) is 4.79 Å². The van der Waals surface area contributed by atoms with Gasteiger partial charge in [-0.3, -0.25) is 0 Å². The molecule has 0 bridgehead atoms. The molecular formula is C20H18N2O4. The number of benzene rings is 1. The number of carbonyl (C=O) groups is 1. The van der Waals surface area contributed by atoms with Crippen LogP contribution in [-0.4, -0.2) is 15.5 Å². The number of ether oxygens (including phenoxy) is 1. The Hall–Kier alpha value is -3.28. The van der Waals surface area contributed by atoms with Gasteiger partial charge in [-0.25, -0.2) is 9.78 Å². The molecule has 0 fully saturated rings. The summed E-state index contributed by atoms with van der Waals surface area (Å²) < 4.78 is 18.4. The molecule has 3 aromatic heterocycles. The quantitative estimate of drug-likeness (QED) is 0.503. The zero-order valence-corrected chi connectivity index (χ0v) is 14.6. The molecule has 0 spiro atoms. The maximum absolute atomic E-state index is 12.5. The molecule has 0 saturated heterocycles. The second-order valence-corrected chi connectivity index (χ2v) is 6.10. The third-order valence-corrected chi connectivity index (χ3v) is 4.35. The number of rotatable bonds is 5. The van der Waals surface area contributed by atoms with Gasteiger partial charge in [0.25, 0.3) is 0 Å². The molecule has 0 saturated carbocycles. The summed E-state index contributed by atoms with van der Waals surface area (Å²) in [5, 5.41) is 0. The molecule has 0 aliphatic heterocycles. The van der Waals surface area contributed by atoms with Gasteiger partial charge < -0.3 is 18.1 Å². The van der Waals surface area contributed by atoms with E-state index in [4.69, 9.17) is 13.6 Å². The number of esters is 1. The molecule has 6 heteroatoms. The lowest BCUT2D eigenvalue weighted by molar-refractivity contribution is 0.0439. The van der Waals surface area contributed by atoms with Crippen LogP contribution < -0.4 is 0 Å². The van der Waals surface area contributed by atoms with E-state index in [0.717, 1.165) is 22.7 Å². The zero-order valence-electron chi connectivity index (χ0n) is 14.6. The van der Waals surface area contributed by atoms with Gasteiger partial charge >= 0.3 is 5.97 Å². The Labute approximate surface area is 150 Å². The summed E-state index contributed by atoms with van der Waals surface area (Å²) in [6, 6.07) is 13.0. The van der Waals surface area contributed by atoms with Crippen LogP contribution >= 0.6 is 0 Å². The number of hydrogen-bond donors (Lipinski definition) is 0. The van der Waals surface area contributed by atoms with Crippen molar-refractivity contribution in [2.24, 2.45) is 0 Å². The second-order valence-electron chi connectivity index (χ2n) is 6.10.